The van der Waals surface area contributed by atoms with Crippen LogP contribution in [-0.4, -0.2) is 11.1 Å². The normalized spacial score (nSPS) is 11.1. The van der Waals surface area contributed by atoms with E-state index >= 15 is 0 Å². The number of aromatic nitrogens is 1. The van der Waals surface area contributed by atoms with Gasteiger partial charge in [-0.2, -0.15) is 0 Å². The number of hydrogen-bond donors (Lipinski definition) is 1. The van der Waals surface area contributed by atoms with Gasteiger partial charge in [0.1, 0.15) is 0 Å². The molecule has 1 aromatic carbocycles. The van der Waals surface area contributed by atoms with Crippen LogP contribution < -0.4 is 5.73 Å². The average Bonchev–Trinajstić information content (AvgIpc) is 2.53. The highest BCUT2D eigenvalue weighted by atomic mass is 14.9. The molecule has 0 spiro atoms. The lowest BCUT2D eigenvalue weighted by Gasteiger charge is -2.06. The SMILES string of the molecule is Cc1cc2cccc(CCCN)c2n1C. The van der Waals surface area contributed by atoms with E-state index in [-0.39, 0.29) is 0 Å². The van der Waals surface area contributed by atoms with Gasteiger partial charge in [0.05, 0.1) is 5.52 Å². The summed E-state index contributed by atoms with van der Waals surface area (Å²) in [4.78, 5) is 0. The van der Waals surface area contributed by atoms with Crippen molar-refractivity contribution in [3.8, 4) is 0 Å². The fourth-order valence-electron chi connectivity index (χ4n) is 2.13. The maximum absolute atomic E-state index is 5.56. The van der Waals surface area contributed by atoms with Crippen LogP contribution in [0.2, 0.25) is 0 Å². The Morgan fingerprint density at radius 2 is 2.13 bits per heavy atom. The zero-order valence-electron chi connectivity index (χ0n) is 9.46. The van der Waals surface area contributed by atoms with Gasteiger partial charge in [0.2, 0.25) is 0 Å². The molecule has 2 aromatic rings. The van der Waals surface area contributed by atoms with Crippen molar-refractivity contribution in [2.45, 2.75) is 19.8 Å². The minimum atomic E-state index is 0.764. The number of benzene rings is 1. The number of para-hydroxylation sites is 1. The molecule has 0 bridgehead atoms. The molecule has 2 heteroatoms. The van der Waals surface area contributed by atoms with Crippen molar-refractivity contribution < 1.29 is 0 Å². The van der Waals surface area contributed by atoms with Gasteiger partial charge < -0.3 is 10.3 Å². The van der Waals surface area contributed by atoms with Gasteiger partial charge in [0.25, 0.3) is 0 Å². The molecule has 0 aliphatic heterocycles. The highest BCUT2D eigenvalue weighted by molar-refractivity contribution is 5.84. The highest BCUT2D eigenvalue weighted by Gasteiger charge is 2.06. The second-order valence-electron chi connectivity index (χ2n) is 4.09. The van der Waals surface area contributed by atoms with Crippen LogP contribution in [0.15, 0.2) is 24.3 Å². The minimum absolute atomic E-state index is 0.764. The zero-order valence-corrected chi connectivity index (χ0v) is 9.46. The molecule has 0 fully saturated rings. The average molecular weight is 202 g/mol. The summed E-state index contributed by atoms with van der Waals surface area (Å²) >= 11 is 0. The fraction of sp³-hybridized carbons (Fsp3) is 0.385. The van der Waals surface area contributed by atoms with E-state index in [0.29, 0.717) is 0 Å². The number of hydrogen-bond acceptors (Lipinski definition) is 1. The molecule has 80 valence electrons. The van der Waals surface area contributed by atoms with Gasteiger partial charge in [0, 0.05) is 18.1 Å². The van der Waals surface area contributed by atoms with E-state index in [1.807, 2.05) is 0 Å². The molecule has 2 rings (SSSR count). The molecule has 0 aliphatic carbocycles. The molecule has 0 aliphatic rings. The Kier molecular flexibility index (Phi) is 2.78. The van der Waals surface area contributed by atoms with Gasteiger partial charge in [-0.25, -0.2) is 0 Å². The Balaban J connectivity index is 2.53. The molecule has 0 unspecified atom stereocenters. The van der Waals surface area contributed by atoms with Crippen molar-refractivity contribution in [1.82, 2.24) is 4.57 Å². The fourth-order valence-corrected chi connectivity index (χ4v) is 2.13. The summed E-state index contributed by atoms with van der Waals surface area (Å²) in [5, 5.41) is 1.34. The Morgan fingerprint density at radius 3 is 2.87 bits per heavy atom. The van der Waals surface area contributed by atoms with E-state index in [2.05, 4.69) is 42.8 Å². The Bertz CT molecular complexity index is 469. The first-order valence-corrected chi connectivity index (χ1v) is 5.48. The number of aryl methyl sites for hydroxylation is 3. The molecule has 0 saturated heterocycles. The van der Waals surface area contributed by atoms with E-state index in [1.165, 1.54) is 22.2 Å². The minimum Gasteiger partial charge on any atom is -0.348 e. The second kappa shape index (κ2) is 4.07. The number of fused-ring (bicyclic) bond motifs is 1. The van der Waals surface area contributed by atoms with Crippen molar-refractivity contribution in [2.24, 2.45) is 12.8 Å². The lowest BCUT2D eigenvalue weighted by Crippen LogP contribution is -2.02. The molecule has 0 radical (unpaired) electrons. The first-order chi connectivity index (χ1) is 7.24. The summed E-state index contributed by atoms with van der Waals surface area (Å²) in [6.45, 7) is 2.91. The van der Waals surface area contributed by atoms with Gasteiger partial charge in [0.15, 0.2) is 0 Å². The third kappa shape index (κ3) is 1.77. The van der Waals surface area contributed by atoms with Crippen LogP contribution in [0.1, 0.15) is 17.7 Å². The van der Waals surface area contributed by atoms with Gasteiger partial charge >= 0.3 is 0 Å². The van der Waals surface area contributed by atoms with E-state index in [0.717, 1.165) is 19.4 Å². The summed E-state index contributed by atoms with van der Waals surface area (Å²) in [6.07, 6.45) is 2.13. The largest absolute Gasteiger partial charge is 0.348 e. The van der Waals surface area contributed by atoms with Gasteiger partial charge in [-0.05, 0) is 37.9 Å². The molecule has 2 N–H and O–H groups in total. The van der Waals surface area contributed by atoms with Gasteiger partial charge in [-0.15, -0.1) is 0 Å². The maximum atomic E-state index is 5.56. The molecular formula is C13H18N2. The third-order valence-electron chi connectivity index (χ3n) is 3.03. The molecule has 15 heavy (non-hydrogen) atoms. The van der Waals surface area contributed by atoms with Crippen LogP contribution in [-0.2, 0) is 13.5 Å². The first-order valence-electron chi connectivity index (χ1n) is 5.48. The standard InChI is InChI=1S/C13H18N2/c1-10-9-12-6-3-5-11(7-4-8-14)13(12)15(10)2/h3,5-6,9H,4,7-8,14H2,1-2H3. The van der Waals surface area contributed by atoms with Crippen LogP contribution in [0.3, 0.4) is 0 Å². The summed E-state index contributed by atoms with van der Waals surface area (Å²) < 4.78 is 2.27. The van der Waals surface area contributed by atoms with E-state index in [1.54, 1.807) is 0 Å². The quantitative estimate of drug-likeness (QED) is 0.814. The monoisotopic (exact) mass is 202 g/mol. The van der Waals surface area contributed by atoms with Crippen molar-refractivity contribution >= 4 is 10.9 Å². The predicted molar refractivity (Wildman–Crippen MR) is 65.0 cm³/mol. The Morgan fingerprint density at radius 1 is 1.33 bits per heavy atom. The summed E-state index contributed by atoms with van der Waals surface area (Å²) in [7, 11) is 2.13. The topological polar surface area (TPSA) is 30.9 Å². The van der Waals surface area contributed by atoms with Crippen LogP contribution in [0.25, 0.3) is 10.9 Å². The highest BCUT2D eigenvalue weighted by Crippen LogP contribution is 2.22. The summed E-state index contributed by atoms with van der Waals surface area (Å²) in [6, 6.07) is 8.75. The summed E-state index contributed by atoms with van der Waals surface area (Å²) in [5.41, 5.74) is 9.64. The van der Waals surface area contributed by atoms with E-state index in [9.17, 15) is 0 Å². The molecular weight excluding hydrogens is 184 g/mol. The van der Waals surface area contributed by atoms with E-state index in [4.69, 9.17) is 5.73 Å². The van der Waals surface area contributed by atoms with Gasteiger partial charge in [-0.3, -0.25) is 0 Å². The molecule has 1 aromatic heterocycles. The number of nitrogens with two attached hydrogens (primary N) is 1. The van der Waals surface area contributed by atoms with Crippen molar-refractivity contribution in [2.75, 3.05) is 6.54 Å². The third-order valence-corrected chi connectivity index (χ3v) is 3.03. The molecule has 0 amide bonds. The molecule has 1 heterocycles. The second-order valence-corrected chi connectivity index (χ2v) is 4.09. The Labute approximate surface area is 90.7 Å². The van der Waals surface area contributed by atoms with Crippen LogP contribution in [0, 0.1) is 6.92 Å². The number of nitrogens with zero attached hydrogens (tertiary/aromatic N) is 1. The molecule has 2 nitrogen and oxygen atoms in total. The summed E-state index contributed by atoms with van der Waals surface area (Å²) in [5.74, 6) is 0. The zero-order chi connectivity index (χ0) is 10.8. The van der Waals surface area contributed by atoms with Crippen molar-refractivity contribution in [1.29, 1.82) is 0 Å². The molecule has 0 atom stereocenters. The van der Waals surface area contributed by atoms with Crippen LogP contribution in [0.4, 0.5) is 0 Å². The van der Waals surface area contributed by atoms with Gasteiger partial charge in [-0.1, -0.05) is 18.2 Å². The van der Waals surface area contributed by atoms with E-state index < -0.39 is 0 Å². The Hall–Kier alpha value is -1.28. The van der Waals surface area contributed by atoms with Crippen molar-refractivity contribution in [3.63, 3.8) is 0 Å². The lowest BCUT2D eigenvalue weighted by molar-refractivity contribution is 0.826. The smallest absolute Gasteiger partial charge is 0.0512 e. The maximum Gasteiger partial charge on any atom is 0.0512 e. The first kappa shape index (κ1) is 10.2. The van der Waals surface area contributed by atoms with Crippen molar-refractivity contribution in [3.05, 3.63) is 35.5 Å². The predicted octanol–water partition coefficient (Wildman–Crippen LogP) is 2.38. The number of rotatable bonds is 3. The molecule has 0 saturated carbocycles. The van der Waals surface area contributed by atoms with Crippen LogP contribution >= 0.6 is 0 Å². The van der Waals surface area contributed by atoms with Crippen LogP contribution in [0.5, 0.6) is 0 Å². The lowest BCUT2D eigenvalue weighted by atomic mass is 10.1.